The number of anilines is 1. The van der Waals surface area contributed by atoms with Gasteiger partial charge in [0.15, 0.2) is 0 Å². The third-order valence-corrected chi connectivity index (χ3v) is 5.25. The van der Waals surface area contributed by atoms with E-state index in [1.165, 1.54) is 12.1 Å². The first-order valence-corrected chi connectivity index (χ1v) is 9.99. The lowest BCUT2D eigenvalue weighted by molar-refractivity contribution is 0.102. The molecule has 6 nitrogen and oxygen atoms in total. The number of phenols is 1. The van der Waals surface area contributed by atoms with Crippen LogP contribution in [0.4, 0.5) is 5.69 Å². The van der Waals surface area contributed by atoms with Crippen LogP contribution in [0.3, 0.4) is 0 Å². The van der Waals surface area contributed by atoms with Gasteiger partial charge >= 0.3 is 0 Å². The number of carbonyl (C=O) groups excluding carboxylic acids is 1. The van der Waals surface area contributed by atoms with Gasteiger partial charge in [0.2, 0.25) is 0 Å². The summed E-state index contributed by atoms with van der Waals surface area (Å²) in [5, 5.41) is 14.0. The normalized spacial score (nSPS) is 11.0. The van der Waals surface area contributed by atoms with Gasteiger partial charge in [-0.25, -0.2) is 4.98 Å². The van der Waals surface area contributed by atoms with Crippen LogP contribution < -0.4 is 11.1 Å². The van der Waals surface area contributed by atoms with Crippen LogP contribution in [-0.4, -0.2) is 27.5 Å². The molecule has 0 saturated carbocycles. The summed E-state index contributed by atoms with van der Waals surface area (Å²) in [7, 11) is 0. The number of rotatable bonds is 5. The molecule has 0 aliphatic carbocycles. The molecule has 0 atom stereocenters. The Morgan fingerprint density at radius 3 is 2.57 bits per heavy atom. The van der Waals surface area contributed by atoms with Crippen molar-refractivity contribution in [3.8, 4) is 17.1 Å². The lowest BCUT2D eigenvalue weighted by atomic mass is 10.1. The van der Waals surface area contributed by atoms with Gasteiger partial charge in [-0.05, 0) is 61.0 Å². The molecule has 0 radical (unpaired) electrons. The second kappa shape index (κ2) is 8.36. The number of halogens is 2. The molecule has 0 fully saturated rings. The average molecular weight is 441 g/mol. The summed E-state index contributed by atoms with van der Waals surface area (Å²) >= 11 is 12.2. The Morgan fingerprint density at radius 1 is 1.10 bits per heavy atom. The highest BCUT2D eigenvalue weighted by molar-refractivity contribution is 6.36. The zero-order valence-electron chi connectivity index (χ0n) is 15.7. The van der Waals surface area contributed by atoms with Gasteiger partial charge in [-0.1, -0.05) is 35.3 Å². The lowest BCUT2D eigenvalue weighted by Crippen LogP contribution is -2.12. The summed E-state index contributed by atoms with van der Waals surface area (Å²) in [6.07, 6.45) is 0.774. The van der Waals surface area contributed by atoms with Crippen molar-refractivity contribution in [2.45, 2.75) is 6.42 Å². The molecule has 8 heteroatoms. The van der Waals surface area contributed by atoms with Gasteiger partial charge < -0.3 is 21.1 Å². The second-order valence-corrected chi connectivity index (χ2v) is 7.60. The molecule has 5 N–H and O–H groups in total. The van der Waals surface area contributed by atoms with Gasteiger partial charge in [0.1, 0.15) is 22.6 Å². The maximum Gasteiger partial charge on any atom is 0.257 e. The largest absolute Gasteiger partial charge is 0.506 e. The molecule has 0 saturated heterocycles. The monoisotopic (exact) mass is 440 g/mol. The van der Waals surface area contributed by atoms with Crippen molar-refractivity contribution in [2.75, 3.05) is 11.9 Å². The zero-order chi connectivity index (χ0) is 21.3. The second-order valence-electron chi connectivity index (χ2n) is 6.76. The van der Waals surface area contributed by atoms with Crippen LogP contribution in [0.1, 0.15) is 15.9 Å². The number of nitrogens with two attached hydrogens (primary N) is 1. The van der Waals surface area contributed by atoms with Gasteiger partial charge in [0, 0.05) is 16.3 Å². The minimum absolute atomic E-state index is 0.0171. The number of fused-ring (bicyclic) bond motifs is 1. The van der Waals surface area contributed by atoms with E-state index >= 15 is 0 Å². The Morgan fingerprint density at radius 2 is 1.87 bits per heavy atom. The fourth-order valence-electron chi connectivity index (χ4n) is 3.19. The maximum absolute atomic E-state index is 12.9. The lowest BCUT2D eigenvalue weighted by Gasteiger charge is -2.07. The van der Waals surface area contributed by atoms with E-state index in [2.05, 4.69) is 15.3 Å². The molecule has 0 unspecified atom stereocenters. The smallest absolute Gasteiger partial charge is 0.257 e. The molecule has 4 aromatic rings. The van der Waals surface area contributed by atoms with Gasteiger partial charge in [0.05, 0.1) is 10.6 Å². The predicted molar refractivity (Wildman–Crippen MR) is 120 cm³/mol. The van der Waals surface area contributed by atoms with Crippen LogP contribution in [0.25, 0.3) is 22.4 Å². The number of aromatic amines is 1. The molecule has 0 spiro atoms. The van der Waals surface area contributed by atoms with Crippen molar-refractivity contribution in [3.63, 3.8) is 0 Å². The molecule has 0 bridgehead atoms. The van der Waals surface area contributed by atoms with E-state index in [1.54, 1.807) is 18.2 Å². The number of phenolic OH excluding ortho intramolecular Hbond substituents is 1. The fourth-order valence-corrected chi connectivity index (χ4v) is 3.69. The Bertz CT molecular complexity index is 1240. The first kappa shape index (κ1) is 20.2. The topological polar surface area (TPSA) is 104 Å². The molecular weight excluding hydrogens is 423 g/mol. The highest BCUT2D eigenvalue weighted by Crippen LogP contribution is 2.33. The number of hydrogen-bond acceptors (Lipinski definition) is 4. The van der Waals surface area contributed by atoms with Crippen molar-refractivity contribution in [1.82, 2.24) is 9.97 Å². The number of benzene rings is 3. The number of nitrogens with zero attached hydrogens (tertiary/aromatic N) is 1. The molecule has 152 valence electrons. The molecule has 4 rings (SSSR count). The SMILES string of the molecule is NCCc1ccc(NC(=O)c2ccc(O)c3[nH]c(-c4ccc(Cl)cc4Cl)nc23)cc1. The number of aromatic hydroxyl groups is 1. The summed E-state index contributed by atoms with van der Waals surface area (Å²) in [6, 6.07) is 15.5. The van der Waals surface area contributed by atoms with Crippen LogP contribution in [-0.2, 0) is 6.42 Å². The minimum atomic E-state index is -0.341. The molecule has 0 aliphatic heterocycles. The van der Waals surface area contributed by atoms with E-state index in [1.807, 2.05) is 24.3 Å². The molecular formula is C22H18Cl2N4O2. The van der Waals surface area contributed by atoms with Crippen molar-refractivity contribution < 1.29 is 9.90 Å². The van der Waals surface area contributed by atoms with Crippen molar-refractivity contribution in [1.29, 1.82) is 0 Å². The fraction of sp³-hybridized carbons (Fsp3) is 0.0909. The minimum Gasteiger partial charge on any atom is -0.506 e. The quantitative estimate of drug-likeness (QED) is 0.350. The third-order valence-electron chi connectivity index (χ3n) is 4.70. The van der Waals surface area contributed by atoms with E-state index in [0.29, 0.717) is 50.3 Å². The molecule has 1 heterocycles. The summed E-state index contributed by atoms with van der Waals surface area (Å²) in [5.74, 6) is 0.0664. The van der Waals surface area contributed by atoms with Gasteiger partial charge in [0.25, 0.3) is 5.91 Å². The number of nitrogens with one attached hydrogen (secondary N) is 2. The number of hydrogen-bond donors (Lipinski definition) is 4. The number of amides is 1. The van der Waals surface area contributed by atoms with E-state index in [-0.39, 0.29) is 11.7 Å². The Hall–Kier alpha value is -3.06. The van der Waals surface area contributed by atoms with Crippen LogP contribution in [0.5, 0.6) is 5.75 Å². The number of H-pyrrole nitrogens is 1. The van der Waals surface area contributed by atoms with Crippen molar-refractivity contribution in [3.05, 3.63) is 75.8 Å². The highest BCUT2D eigenvalue weighted by atomic mass is 35.5. The summed E-state index contributed by atoms with van der Waals surface area (Å²) < 4.78 is 0. The average Bonchev–Trinajstić information content (AvgIpc) is 3.15. The number of carbonyl (C=O) groups is 1. The number of aromatic nitrogens is 2. The zero-order valence-corrected chi connectivity index (χ0v) is 17.3. The van der Waals surface area contributed by atoms with Crippen LogP contribution in [0.2, 0.25) is 10.0 Å². The van der Waals surface area contributed by atoms with Crippen LogP contribution >= 0.6 is 23.2 Å². The summed E-state index contributed by atoms with van der Waals surface area (Å²) in [5.41, 5.74) is 8.93. The molecule has 1 amide bonds. The molecule has 0 aliphatic rings. The Kier molecular flexibility index (Phi) is 5.63. The Balaban J connectivity index is 1.69. The van der Waals surface area contributed by atoms with E-state index < -0.39 is 0 Å². The van der Waals surface area contributed by atoms with Gasteiger partial charge in [-0.2, -0.15) is 0 Å². The van der Waals surface area contributed by atoms with Crippen LogP contribution in [0, 0.1) is 0 Å². The highest BCUT2D eigenvalue weighted by Gasteiger charge is 2.18. The van der Waals surface area contributed by atoms with Gasteiger partial charge in [-0.15, -0.1) is 0 Å². The first-order chi connectivity index (χ1) is 14.5. The van der Waals surface area contributed by atoms with E-state index in [4.69, 9.17) is 28.9 Å². The molecule has 1 aromatic heterocycles. The summed E-state index contributed by atoms with van der Waals surface area (Å²) in [4.78, 5) is 20.5. The van der Waals surface area contributed by atoms with Crippen LogP contribution in [0.15, 0.2) is 54.6 Å². The van der Waals surface area contributed by atoms with Crippen molar-refractivity contribution in [2.24, 2.45) is 5.73 Å². The summed E-state index contributed by atoms with van der Waals surface area (Å²) in [6.45, 7) is 0.566. The molecule has 30 heavy (non-hydrogen) atoms. The van der Waals surface area contributed by atoms with E-state index in [9.17, 15) is 9.90 Å². The first-order valence-electron chi connectivity index (χ1n) is 9.23. The van der Waals surface area contributed by atoms with E-state index in [0.717, 1.165) is 12.0 Å². The predicted octanol–water partition coefficient (Wildman–Crippen LogP) is 5.00. The maximum atomic E-state index is 12.9. The van der Waals surface area contributed by atoms with Crippen molar-refractivity contribution >= 4 is 45.8 Å². The van der Waals surface area contributed by atoms with Gasteiger partial charge in [-0.3, -0.25) is 4.79 Å². The third kappa shape index (κ3) is 3.98. The number of imidazole rings is 1. The molecule has 3 aromatic carbocycles. The standard InChI is InChI=1S/C22H18Cl2N4O2/c23-13-3-6-15(17(24)11-13)21-27-19-16(7-8-18(29)20(19)28-21)22(30)26-14-4-1-12(2-5-14)9-10-25/h1-8,11,29H,9-10,25H2,(H,26,30)(H,27,28). The Labute approximate surface area is 182 Å².